The summed E-state index contributed by atoms with van der Waals surface area (Å²) in [5, 5.41) is 12.2. The van der Waals surface area contributed by atoms with Crippen molar-refractivity contribution in [2.24, 2.45) is 5.92 Å². The first-order valence-electron chi connectivity index (χ1n) is 6.28. The molecule has 3 nitrogen and oxygen atoms in total. The molecule has 1 aromatic rings. The van der Waals surface area contributed by atoms with Crippen LogP contribution in [0.15, 0.2) is 29.8 Å². The van der Waals surface area contributed by atoms with Gasteiger partial charge in [-0.25, -0.2) is 0 Å². The first-order chi connectivity index (χ1) is 8.65. The molecule has 0 aliphatic carbocycles. The number of methoxy groups -OCH3 is 1. The number of benzene rings is 1. The van der Waals surface area contributed by atoms with Crippen molar-refractivity contribution in [3.8, 4) is 5.75 Å². The van der Waals surface area contributed by atoms with E-state index in [1.807, 2.05) is 31.2 Å². The second-order valence-corrected chi connectivity index (χ2v) is 4.68. The van der Waals surface area contributed by atoms with Gasteiger partial charge in [-0.15, -0.1) is 0 Å². The van der Waals surface area contributed by atoms with Crippen molar-refractivity contribution in [2.45, 2.75) is 13.8 Å². The summed E-state index contributed by atoms with van der Waals surface area (Å²) in [5.41, 5.74) is 2.44. The van der Waals surface area contributed by atoms with Crippen LogP contribution in [0.1, 0.15) is 19.4 Å². The fraction of sp³-hybridized carbons (Fsp3) is 0.467. The smallest absolute Gasteiger partial charge is 0.118 e. The van der Waals surface area contributed by atoms with Gasteiger partial charge in [-0.1, -0.05) is 30.7 Å². The number of nitrogens with one attached hydrogen (secondary N) is 1. The molecule has 1 rings (SSSR count). The molecule has 0 aromatic heterocycles. The number of aliphatic hydroxyl groups excluding tert-OH is 1. The van der Waals surface area contributed by atoms with Crippen LogP contribution in [-0.2, 0) is 0 Å². The van der Waals surface area contributed by atoms with E-state index in [1.54, 1.807) is 7.11 Å². The maximum atomic E-state index is 8.92. The van der Waals surface area contributed by atoms with E-state index in [2.05, 4.69) is 18.3 Å². The van der Waals surface area contributed by atoms with Crippen LogP contribution in [0.2, 0.25) is 0 Å². The second-order valence-electron chi connectivity index (χ2n) is 4.68. The van der Waals surface area contributed by atoms with Crippen LogP contribution in [0.3, 0.4) is 0 Å². The summed E-state index contributed by atoms with van der Waals surface area (Å²) in [6.07, 6.45) is 2.15. The Labute approximate surface area is 109 Å². The fourth-order valence-corrected chi connectivity index (χ4v) is 1.62. The van der Waals surface area contributed by atoms with Gasteiger partial charge >= 0.3 is 0 Å². The highest BCUT2D eigenvalue weighted by atomic mass is 16.5. The predicted octanol–water partition coefficient (Wildman–Crippen LogP) is 2.32. The van der Waals surface area contributed by atoms with Crippen molar-refractivity contribution < 1.29 is 9.84 Å². The van der Waals surface area contributed by atoms with Gasteiger partial charge in [0.1, 0.15) is 5.75 Å². The van der Waals surface area contributed by atoms with Gasteiger partial charge in [0.05, 0.1) is 7.11 Å². The molecule has 0 spiro atoms. The Bertz CT molecular complexity index is 371. The maximum Gasteiger partial charge on any atom is 0.118 e. The Kier molecular flexibility index (Phi) is 6.47. The average molecular weight is 249 g/mol. The Morgan fingerprint density at radius 3 is 2.61 bits per heavy atom. The van der Waals surface area contributed by atoms with Gasteiger partial charge in [-0.2, -0.15) is 0 Å². The summed E-state index contributed by atoms with van der Waals surface area (Å²) in [6.45, 7) is 6.03. The molecule has 1 unspecified atom stereocenters. The molecule has 1 aromatic carbocycles. The summed E-state index contributed by atoms with van der Waals surface area (Å²) < 4.78 is 5.12. The van der Waals surface area contributed by atoms with Crippen molar-refractivity contribution in [1.82, 2.24) is 5.32 Å². The normalized spacial score (nSPS) is 13.4. The lowest BCUT2D eigenvalue weighted by Crippen LogP contribution is -2.24. The predicted molar refractivity (Wildman–Crippen MR) is 75.8 cm³/mol. The molecule has 3 heteroatoms. The van der Waals surface area contributed by atoms with Crippen molar-refractivity contribution in [1.29, 1.82) is 0 Å². The minimum atomic E-state index is 0.230. The molecule has 0 fully saturated rings. The molecule has 0 saturated carbocycles. The van der Waals surface area contributed by atoms with Crippen molar-refractivity contribution >= 4 is 6.08 Å². The highest BCUT2D eigenvalue weighted by Gasteiger charge is 1.99. The molecule has 100 valence electrons. The first kappa shape index (κ1) is 14.7. The van der Waals surface area contributed by atoms with E-state index in [0.717, 1.165) is 18.8 Å². The monoisotopic (exact) mass is 249 g/mol. The van der Waals surface area contributed by atoms with Crippen LogP contribution < -0.4 is 10.1 Å². The van der Waals surface area contributed by atoms with Gasteiger partial charge in [-0.3, -0.25) is 0 Å². The Morgan fingerprint density at radius 2 is 2.06 bits per heavy atom. The fourth-order valence-electron chi connectivity index (χ4n) is 1.62. The molecule has 0 bridgehead atoms. The molecule has 1 atom stereocenters. The molecule has 0 amide bonds. The molecule has 0 radical (unpaired) electrons. The number of ether oxygens (including phenoxy) is 1. The summed E-state index contributed by atoms with van der Waals surface area (Å²) in [4.78, 5) is 0. The number of aliphatic hydroxyl groups is 1. The minimum Gasteiger partial charge on any atom is -0.497 e. The Hall–Kier alpha value is -1.32. The molecular formula is C15H23NO2. The van der Waals surface area contributed by atoms with Crippen LogP contribution in [-0.4, -0.2) is 31.9 Å². The van der Waals surface area contributed by atoms with Crippen LogP contribution in [0.25, 0.3) is 6.08 Å². The summed E-state index contributed by atoms with van der Waals surface area (Å²) in [6, 6.07) is 8.00. The van der Waals surface area contributed by atoms with E-state index in [4.69, 9.17) is 9.84 Å². The van der Waals surface area contributed by atoms with Gasteiger partial charge in [0.15, 0.2) is 0 Å². The number of hydrogen-bond donors (Lipinski definition) is 2. The van der Waals surface area contributed by atoms with Crippen molar-refractivity contribution in [2.75, 3.05) is 26.8 Å². The van der Waals surface area contributed by atoms with E-state index in [9.17, 15) is 0 Å². The van der Waals surface area contributed by atoms with Gasteiger partial charge in [-0.05, 0) is 30.5 Å². The van der Waals surface area contributed by atoms with Crippen LogP contribution in [0.4, 0.5) is 0 Å². The lowest BCUT2D eigenvalue weighted by Gasteiger charge is -2.09. The number of rotatable bonds is 7. The largest absolute Gasteiger partial charge is 0.497 e. The standard InChI is InChI=1S/C15H23NO2/c1-12(9-16-10-13(2)11-17)8-14-4-6-15(18-3)7-5-14/h4-8,13,16-17H,9-11H2,1-3H3/b12-8-. The lowest BCUT2D eigenvalue weighted by atomic mass is 10.1. The third-order valence-corrected chi connectivity index (χ3v) is 2.74. The highest BCUT2D eigenvalue weighted by molar-refractivity contribution is 5.53. The van der Waals surface area contributed by atoms with E-state index in [1.165, 1.54) is 11.1 Å². The SMILES string of the molecule is COc1ccc(/C=C(/C)CNCC(C)CO)cc1. The number of hydrogen-bond acceptors (Lipinski definition) is 3. The van der Waals surface area contributed by atoms with Gasteiger partial charge in [0.25, 0.3) is 0 Å². The van der Waals surface area contributed by atoms with Gasteiger partial charge < -0.3 is 15.2 Å². The highest BCUT2D eigenvalue weighted by Crippen LogP contribution is 2.13. The van der Waals surface area contributed by atoms with Crippen LogP contribution in [0.5, 0.6) is 5.75 Å². The average Bonchev–Trinajstić information content (AvgIpc) is 2.39. The van der Waals surface area contributed by atoms with E-state index < -0.39 is 0 Å². The molecular weight excluding hydrogens is 226 g/mol. The van der Waals surface area contributed by atoms with Gasteiger partial charge in [0.2, 0.25) is 0 Å². The molecule has 0 saturated heterocycles. The summed E-state index contributed by atoms with van der Waals surface area (Å²) >= 11 is 0. The third-order valence-electron chi connectivity index (χ3n) is 2.74. The van der Waals surface area contributed by atoms with Crippen LogP contribution >= 0.6 is 0 Å². The van der Waals surface area contributed by atoms with Gasteiger partial charge in [0, 0.05) is 19.7 Å². The molecule has 0 aliphatic rings. The summed E-state index contributed by atoms with van der Waals surface area (Å²) in [7, 11) is 1.67. The zero-order chi connectivity index (χ0) is 13.4. The minimum absolute atomic E-state index is 0.230. The third kappa shape index (κ3) is 5.34. The molecule has 18 heavy (non-hydrogen) atoms. The summed E-state index contributed by atoms with van der Waals surface area (Å²) in [5.74, 6) is 1.18. The van der Waals surface area contributed by atoms with Crippen molar-refractivity contribution in [3.05, 3.63) is 35.4 Å². The molecule has 2 N–H and O–H groups in total. The van der Waals surface area contributed by atoms with E-state index >= 15 is 0 Å². The van der Waals surface area contributed by atoms with E-state index in [0.29, 0.717) is 5.92 Å². The Balaban J connectivity index is 2.44. The molecule has 0 heterocycles. The zero-order valence-electron chi connectivity index (χ0n) is 11.4. The maximum absolute atomic E-state index is 8.92. The quantitative estimate of drug-likeness (QED) is 0.779. The topological polar surface area (TPSA) is 41.5 Å². The van der Waals surface area contributed by atoms with Crippen molar-refractivity contribution in [3.63, 3.8) is 0 Å². The second kappa shape index (κ2) is 7.90. The van der Waals surface area contributed by atoms with E-state index in [-0.39, 0.29) is 6.61 Å². The first-order valence-corrected chi connectivity index (χ1v) is 6.28. The zero-order valence-corrected chi connectivity index (χ0v) is 11.4. The Morgan fingerprint density at radius 1 is 1.39 bits per heavy atom. The lowest BCUT2D eigenvalue weighted by molar-refractivity contribution is 0.235. The molecule has 0 aliphatic heterocycles. The van der Waals surface area contributed by atoms with Crippen LogP contribution in [0, 0.1) is 5.92 Å².